The van der Waals surface area contributed by atoms with Gasteiger partial charge in [-0.25, -0.2) is 4.39 Å². The number of hydrogen-bond donors (Lipinski definition) is 2. The molecule has 0 spiro atoms. The van der Waals surface area contributed by atoms with Crippen molar-refractivity contribution in [1.82, 2.24) is 0 Å². The van der Waals surface area contributed by atoms with Gasteiger partial charge in [-0.15, -0.1) is 0 Å². The van der Waals surface area contributed by atoms with Gasteiger partial charge in [0.15, 0.2) is 17.3 Å². The third kappa shape index (κ3) is 1.07. The summed E-state index contributed by atoms with van der Waals surface area (Å²) in [5, 5.41) is 17.4. The number of rotatable bonds is 0. The first-order valence-corrected chi connectivity index (χ1v) is 3.28. The monoisotopic (exact) mass is 206 g/mol. The summed E-state index contributed by atoms with van der Waals surface area (Å²) in [5.74, 6) is -2.03. The lowest BCUT2D eigenvalue weighted by atomic mass is 10.3. The molecule has 10 heavy (non-hydrogen) atoms. The molecule has 0 atom stereocenters. The van der Waals surface area contributed by atoms with Gasteiger partial charge in [0, 0.05) is 0 Å². The Morgan fingerprint density at radius 2 is 1.90 bits per heavy atom. The molecule has 2 N–H and O–H groups in total. The van der Waals surface area contributed by atoms with Crippen molar-refractivity contribution in [3.63, 3.8) is 0 Å². The maximum atomic E-state index is 12.5. The zero-order chi connectivity index (χ0) is 7.72. The largest absolute Gasteiger partial charge is 0.504 e. The normalized spacial score (nSPS) is 9.80. The Hall–Kier alpha value is -0.770. The lowest BCUT2D eigenvalue weighted by Crippen LogP contribution is -1.78. The van der Waals surface area contributed by atoms with Crippen LogP contribution in [0.4, 0.5) is 4.39 Å². The molecule has 54 valence electrons. The zero-order valence-corrected chi connectivity index (χ0v) is 6.39. The highest BCUT2D eigenvalue weighted by atomic mass is 79.9. The Labute approximate surface area is 65.1 Å². The molecule has 0 aliphatic rings. The maximum absolute atomic E-state index is 12.5. The molecule has 0 fully saturated rings. The van der Waals surface area contributed by atoms with E-state index in [4.69, 9.17) is 10.2 Å². The van der Waals surface area contributed by atoms with Crippen LogP contribution in [0.2, 0.25) is 0 Å². The highest BCUT2D eigenvalue weighted by molar-refractivity contribution is 9.10. The van der Waals surface area contributed by atoms with Crippen LogP contribution in [0.1, 0.15) is 0 Å². The first-order chi connectivity index (χ1) is 4.63. The summed E-state index contributed by atoms with van der Waals surface area (Å²) in [6, 6.07) is 2.51. The third-order valence-electron chi connectivity index (χ3n) is 1.05. The lowest BCUT2D eigenvalue weighted by molar-refractivity contribution is 0.377. The Morgan fingerprint density at radius 3 is 2.40 bits per heavy atom. The van der Waals surface area contributed by atoms with Crippen LogP contribution in [0, 0.1) is 5.82 Å². The summed E-state index contributed by atoms with van der Waals surface area (Å²) < 4.78 is 12.7. The minimum Gasteiger partial charge on any atom is -0.504 e. The second kappa shape index (κ2) is 2.46. The standard InChI is InChI=1S/C6H4BrFO2/c7-3-1-2-4(9)6(10)5(3)8/h1-2,9-10H. The van der Waals surface area contributed by atoms with E-state index in [1.807, 2.05) is 0 Å². The van der Waals surface area contributed by atoms with Crippen molar-refractivity contribution in [2.24, 2.45) is 0 Å². The summed E-state index contributed by atoms with van der Waals surface area (Å²) in [4.78, 5) is 0. The molecule has 0 radical (unpaired) electrons. The van der Waals surface area contributed by atoms with Gasteiger partial charge in [0.05, 0.1) is 4.47 Å². The quantitative estimate of drug-likeness (QED) is 0.638. The van der Waals surface area contributed by atoms with E-state index < -0.39 is 17.3 Å². The van der Waals surface area contributed by atoms with E-state index >= 15 is 0 Å². The maximum Gasteiger partial charge on any atom is 0.195 e. The Balaban J connectivity index is 3.34. The SMILES string of the molecule is Oc1ccc(Br)c(F)c1O. The van der Waals surface area contributed by atoms with E-state index in [-0.39, 0.29) is 4.47 Å². The average Bonchev–Trinajstić information content (AvgIpc) is 1.93. The lowest BCUT2D eigenvalue weighted by Gasteiger charge is -1.98. The molecule has 4 heteroatoms. The van der Waals surface area contributed by atoms with Crippen molar-refractivity contribution in [2.75, 3.05) is 0 Å². The van der Waals surface area contributed by atoms with Crippen LogP contribution in [-0.2, 0) is 0 Å². The molecular weight excluding hydrogens is 203 g/mol. The number of phenols is 2. The van der Waals surface area contributed by atoms with Crippen LogP contribution in [-0.4, -0.2) is 10.2 Å². The summed E-state index contributed by atoms with van der Waals surface area (Å²) in [7, 11) is 0. The van der Waals surface area contributed by atoms with Gasteiger partial charge in [-0.1, -0.05) is 0 Å². The Bertz CT molecular complexity index is 235. The molecule has 0 unspecified atom stereocenters. The molecule has 0 saturated heterocycles. The molecule has 1 rings (SSSR count). The molecule has 0 bridgehead atoms. The number of phenolic OH excluding ortho intramolecular Hbond substituents is 2. The minimum absolute atomic E-state index is 0.128. The van der Waals surface area contributed by atoms with E-state index in [2.05, 4.69) is 15.9 Å². The van der Waals surface area contributed by atoms with E-state index in [0.717, 1.165) is 0 Å². The van der Waals surface area contributed by atoms with Gasteiger partial charge >= 0.3 is 0 Å². The van der Waals surface area contributed by atoms with Gasteiger partial charge in [0.2, 0.25) is 0 Å². The van der Waals surface area contributed by atoms with E-state index in [1.165, 1.54) is 12.1 Å². The number of hydrogen-bond acceptors (Lipinski definition) is 2. The van der Waals surface area contributed by atoms with Crippen LogP contribution in [0.5, 0.6) is 11.5 Å². The van der Waals surface area contributed by atoms with Crippen LogP contribution >= 0.6 is 15.9 Å². The van der Waals surface area contributed by atoms with Gasteiger partial charge < -0.3 is 10.2 Å². The highest BCUT2D eigenvalue weighted by Gasteiger charge is 2.08. The van der Waals surface area contributed by atoms with Crippen LogP contribution < -0.4 is 0 Å². The van der Waals surface area contributed by atoms with Crippen LogP contribution in [0.3, 0.4) is 0 Å². The molecule has 0 aliphatic heterocycles. The van der Waals surface area contributed by atoms with Crippen molar-refractivity contribution in [3.05, 3.63) is 22.4 Å². The molecule has 0 saturated carbocycles. The zero-order valence-electron chi connectivity index (χ0n) is 4.81. The third-order valence-corrected chi connectivity index (χ3v) is 1.66. The van der Waals surface area contributed by atoms with E-state index in [9.17, 15) is 4.39 Å². The molecule has 1 aromatic carbocycles. The number of benzene rings is 1. The number of halogens is 2. The molecule has 1 aromatic rings. The van der Waals surface area contributed by atoms with Crippen molar-refractivity contribution in [2.45, 2.75) is 0 Å². The summed E-state index contributed by atoms with van der Waals surface area (Å²) in [6.45, 7) is 0. The Kier molecular flexibility index (Phi) is 1.80. The van der Waals surface area contributed by atoms with Gasteiger partial charge in [0.25, 0.3) is 0 Å². The fourth-order valence-corrected chi connectivity index (χ4v) is 0.850. The molecule has 0 aliphatic carbocycles. The summed E-state index contributed by atoms with van der Waals surface area (Å²) in [5.41, 5.74) is 0. The van der Waals surface area contributed by atoms with Gasteiger partial charge in [-0.3, -0.25) is 0 Å². The van der Waals surface area contributed by atoms with Gasteiger partial charge in [0.1, 0.15) is 0 Å². The molecule has 0 aromatic heterocycles. The molecule has 2 nitrogen and oxygen atoms in total. The fourth-order valence-electron chi connectivity index (χ4n) is 0.530. The second-order valence-corrected chi connectivity index (χ2v) is 2.58. The van der Waals surface area contributed by atoms with E-state index in [0.29, 0.717) is 0 Å². The van der Waals surface area contributed by atoms with Crippen molar-refractivity contribution >= 4 is 15.9 Å². The highest BCUT2D eigenvalue weighted by Crippen LogP contribution is 2.31. The smallest absolute Gasteiger partial charge is 0.195 e. The Morgan fingerprint density at radius 1 is 1.30 bits per heavy atom. The number of aromatic hydroxyl groups is 2. The summed E-state index contributed by atoms with van der Waals surface area (Å²) in [6.07, 6.45) is 0. The van der Waals surface area contributed by atoms with Gasteiger partial charge in [-0.05, 0) is 28.1 Å². The minimum atomic E-state index is -0.847. The first-order valence-electron chi connectivity index (χ1n) is 2.49. The van der Waals surface area contributed by atoms with Crippen molar-refractivity contribution in [1.29, 1.82) is 0 Å². The van der Waals surface area contributed by atoms with Crippen LogP contribution in [0.15, 0.2) is 16.6 Å². The predicted octanol–water partition coefficient (Wildman–Crippen LogP) is 2.00. The topological polar surface area (TPSA) is 40.5 Å². The fraction of sp³-hybridized carbons (Fsp3) is 0. The van der Waals surface area contributed by atoms with E-state index in [1.54, 1.807) is 0 Å². The predicted molar refractivity (Wildman–Crippen MR) is 37.4 cm³/mol. The molecule has 0 heterocycles. The molecular formula is C6H4BrFO2. The average molecular weight is 207 g/mol. The first kappa shape index (κ1) is 7.34. The molecule has 0 amide bonds. The summed E-state index contributed by atoms with van der Waals surface area (Å²) >= 11 is 2.83. The van der Waals surface area contributed by atoms with Gasteiger partial charge in [-0.2, -0.15) is 0 Å². The van der Waals surface area contributed by atoms with Crippen LogP contribution in [0.25, 0.3) is 0 Å². The van der Waals surface area contributed by atoms with Crippen molar-refractivity contribution < 1.29 is 14.6 Å². The van der Waals surface area contributed by atoms with Crippen molar-refractivity contribution in [3.8, 4) is 11.5 Å². The second-order valence-electron chi connectivity index (χ2n) is 1.73.